The molecule has 1 fully saturated rings. The predicted molar refractivity (Wildman–Crippen MR) is 95.5 cm³/mol. The van der Waals surface area contributed by atoms with Gasteiger partial charge in [-0.2, -0.15) is 13.2 Å². The van der Waals surface area contributed by atoms with Crippen LogP contribution in [-0.2, 0) is 6.18 Å². The molecule has 1 aliphatic heterocycles. The maximum Gasteiger partial charge on any atom is 0.416 e. The summed E-state index contributed by atoms with van der Waals surface area (Å²) in [6.45, 7) is 7.65. The molecule has 1 aliphatic rings. The van der Waals surface area contributed by atoms with Crippen LogP contribution in [0.3, 0.4) is 0 Å². The van der Waals surface area contributed by atoms with Crippen LogP contribution in [0, 0.1) is 0 Å². The number of nitrogens with one attached hydrogen (secondary N) is 2. The number of carbonyl (C=O) groups excluding carboxylic acids is 1. The smallest absolute Gasteiger partial charge is 0.324 e. The van der Waals surface area contributed by atoms with Gasteiger partial charge in [0.05, 0.1) is 5.56 Å². The van der Waals surface area contributed by atoms with Gasteiger partial charge in [-0.15, -0.1) is 0 Å². The molecule has 8 heteroatoms. The average Bonchev–Trinajstić information content (AvgIpc) is 2.52. The molecule has 0 bridgehead atoms. The van der Waals surface area contributed by atoms with Gasteiger partial charge < -0.3 is 10.2 Å². The summed E-state index contributed by atoms with van der Waals surface area (Å²) in [5.74, 6) is 0. The zero-order valence-electron chi connectivity index (χ0n) is 14.6. The van der Waals surface area contributed by atoms with E-state index in [-0.39, 0.29) is 10.8 Å². The van der Waals surface area contributed by atoms with Gasteiger partial charge in [0, 0.05) is 29.6 Å². The first-order valence-electron chi connectivity index (χ1n) is 8.21. The van der Waals surface area contributed by atoms with E-state index >= 15 is 0 Å². The second kappa shape index (κ2) is 7.86. The van der Waals surface area contributed by atoms with Gasteiger partial charge in [-0.25, -0.2) is 4.79 Å². The maximum atomic E-state index is 12.5. The van der Waals surface area contributed by atoms with E-state index < -0.39 is 11.7 Å². The Hall–Kier alpha value is -1.41. The first kappa shape index (κ1) is 19.9. The number of benzene rings is 1. The van der Waals surface area contributed by atoms with Crippen molar-refractivity contribution in [2.45, 2.75) is 50.6 Å². The molecule has 0 aromatic heterocycles. The van der Waals surface area contributed by atoms with Gasteiger partial charge in [0.2, 0.25) is 0 Å². The van der Waals surface area contributed by atoms with Crippen LogP contribution in [0.5, 0.6) is 0 Å². The minimum atomic E-state index is -4.37. The van der Waals surface area contributed by atoms with Crippen LogP contribution >= 0.6 is 11.9 Å². The molecule has 0 radical (unpaired) electrons. The van der Waals surface area contributed by atoms with Crippen molar-refractivity contribution >= 4 is 23.7 Å². The summed E-state index contributed by atoms with van der Waals surface area (Å²) in [5.41, 5.74) is -0.365. The van der Waals surface area contributed by atoms with Crippen molar-refractivity contribution in [2.75, 3.05) is 18.4 Å². The van der Waals surface area contributed by atoms with Gasteiger partial charge in [-0.3, -0.25) is 4.72 Å². The molecule has 2 N–H and O–H groups in total. The summed E-state index contributed by atoms with van der Waals surface area (Å²) >= 11 is 1.69. The third-order valence-electron chi connectivity index (χ3n) is 3.78. The van der Waals surface area contributed by atoms with E-state index in [1.54, 1.807) is 16.8 Å². The molecule has 140 valence electrons. The number of carbonyl (C=O) groups is 1. The molecule has 2 amide bonds. The maximum absolute atomic E-state index is 12.5. The summed E-state index contributed by atoms with van der Waals surface area (Å²) in [4.78, 5) is 13.9. The standard InChI is InChI=1S/C17H24F3N3OS/c1-16(2,3)25-22-14-8-10-23(11-9-14)15(24)21-13-6-4-12(5-7-13)17(18,19)20/h4-7,14,22H,8-11H2,1-3H3,(H,21,24). The number of amides is 2. The molecule has 0 unspecified atom stereocenters. The number of hydrogen-bond donors (Lipinski definition) is 2. The van der Waals surface area contributed by atoms with Gasteiger partial charge in [0.1, 0.15) is 0 Å². The molecule has 0 atom stereocenters. The Bertz CT molecular complexity index is 576. The van der Waals surface area contributed by atoms with Crippen LogP contribution < -0.4 is 10.0 Å². The Kier molecular flexibility index (Phi) is 6.26. The lowest BCUT2D eigenvalue weighted by Crippen LogP contribution is -2.45. The van der Waals surface area contributed by atoms with E-state index in [0.29, 0.717) is 24.8 Å². The third-order valence-corrected chi connectivity index (χ3v) is 4.84. The van der Waals surface area contributed by atoms with Crippen LogP contribution in [0.2, 0.25) is 0 Å². The highest BCUT2D eigenvalue weighted by Crippen LogP contribution is 2.30. The topological polar surface area (TPSA) is 44.4 Å². The van der Waals surface area contributed by atoms with Crippen LogP contribution in [0.4, 0.5) is 23.7 Å². The van der Waals surface area contributed by atoms with Crippen molar-refractivity contribution < 1.29 is 18.0 Å². The van der Waals surface area contributed by atoms with Crippen molar-refractivity contribution in [3.05, 3.63) is 29.8 Å². The highest BCUT2D eigenvalue weighted by atomic mass is 32.2. The number of hydrogen-bond acceptors (Lipinski definition) is 3. The van der Waals surface area contributed by atoms with Gasteiger partial charge >= 0.3 is 12.2 Å². The SMILES string of the molecule is CC(C)(C)SNC1CCN(C(=O)Nc2ccc(C(F)(F)F)cc2)CC1. The summed E-state index contributed by atoms with van der Waals surface area (Å²) < 4.78 is 41.2. The first-order valence-corrected chi connectivity index (χ1v) is 9.03. The fourth-order valence-corrected chi connectivity index (χ4v) is 3.16. The summed E-state index contributed by atoms with van der Waals surface area (Å²) in [6.07, 6.45) is -2.67. The van der Waals surface area contributed by atoms with Crippen molar-refractivity contribution in [3.63, 3.8) is 0 Å². The monoisotopic (exact) mass is 375 g/mol. The largest absolute Gasteiger partial charge is 0.416 e. The van der Waals surface area contributed by atoms with E-state index in [0.717, 1.165) is 25.0 Å². The molecule has 1 aromatic carbocycles. The number of alkyl halides is 3. The number of likely N-dealkylation sites (tertiary alicyclic amines) is 1. The van der Waals surface area contributed by atoms with E-state index in [2.05, 4.69) is 30.8 Å². The molecule has 1 heterocycles. The lowest BCUT2D eigenvalue weighted by atomic mass is 10.1. The third kappa shape index (κ3) is 6.43. The lowest BCUT2D eigenvalue weighted by molar-refractivity contribution is -0.137. The molecule has 0 aliphatic carbocycles. The number of nitrogens with zero attached hydrogens (tertiary/aromatic N) is 1. The zero-order chi connectivity index (χ0) is 18.7. The minimum Gasteiger partial charge on any atom is -0.324 e. The molecule has 0 spiro atoms. The van der Waals surface area contributed by atoms with Crippen LogP contribution in [0.15, 0.2) is 24.3 Å². The Balaban J connectivity index is 1.81. The number of halogens is 3. The number of rotatable bonds is 3. The second-order valence-corrected chi connectivity index (χ2v) is 8.76. The molecular weight excluding hydrogens is 351 g/mol. The first-order chi connectivity index (χ1) is 11.5. The number of urea groups is 1. The molecule has 4 nitrogen and oxygen atoms in total. The summed E-state index contributed by atoms with van der Waals surface area (Å²) in [6, 6.07) is 4.57. The Morgan fingerprint density at radius 1 is 1.12 bits per heavy atom. The molecule has 1 saturated heterocycles. The van der Waals surface area contributed by atoms with Crippen molar-refractivity contribution in [3.8, 4) is 0 Å². The second-order valence-electron chi connectivity index (χ2n) is 7.10. The van der Waals surface area contributed by atoms with E-state index in [1.165, 1.54) is 12.1 Å². The Morgan fingerprint density at radius 2 is 1.68 bits per heavy atom. The molecular formula is C17H24F3N3OS. The Morgan fingerprint density at radius 3 is 2.16 bits per heavy atom. The van der Waals surface area contributed by atoms with E-state index in [9.17, 15) is 18.0 Å². The highest BCUT2D eigenvalue weighted by Gasteiger charge is 2.30. The highest BCUT2D eigenvalue weighted by molar-refractivity contribution is 7.98. The van der Waals surface area contributed by atoms with Gasteiger partial charge in [0.15, 0.2) is 0 Å². The van der Waals surface area contributed by atoms with Gasteiger partial charge in [0.25, 0.3) is 0 Å². The lowest BCUT2D eigenvalue weighted by Gasteiger charge is -2.33. The van der Waals surface area contributed by atoms with E-state index in [1.807, 2.05) is 0 Å². The van der Waals surface area contributed by atoms with Crippen molar-refractivity contribution in [1.82, 2.24) is 9.62 Å². The summed E-state index contributed by atoms with van der Waals surface area (Å²) in [7, 11) is 0. The van der Waals surface area contributed by atoms with Gasteiger partial charge in [-0.05, 0) is 57.9 Å². The molecule has 25 heavy (non-hydrogen) atoms. The number of piperidine rings is 1. The van der Waals surface area contributed by atoms with Crippen molar-refractivity contribution in [1.29, 1.82) is 0 Å². The zero-order valence-corrected chi connectivity index (χ0v) is 15.4. The minimum absolute atomic E-state index is 0.136. The fourth-order valence-electron chi connectivity index (χ4n) is 2.41. The summed E-state index contributed by atoms with van der Waals surface area (Å²) in [5, 5.41) is 2.66. The van der Waals surface area contributed by atoms with E-state index in [4.69, 9.17) is 0 Å². The Labute approximate surface area is 150 Å². The normalized spacial score (nSPS) is 16.8. The molecule has 1 aromatic rings. The van der Waals surface area contributed by atoms with Crippen molar-refractivity contribution in [2.24, 2.45) is 0 Å². The average molecular weight is 375 g/mol. The molecule has 2 rings (SSSR count). The fraction of sp³-hybridized carbons (Fsp3) is 0.588. The van der Waals surface area contributed by atoms with Crippen LogP contribution in [-0.4, -0.2) is 34.8 Å². The quantitative estimate of drug-likeness (QED) is 0.750. The number of anilines is 1. The predicted octanol–water partition coefficient (Wildman–Crippen LogP) is 4.74. The van der Waals surface area contributed by atoms with Crippen LogP contribution in [0.25, 0.3) is 0 Å². The molecule has 0 saturated carbocycles. The van der Waals surface area contributed by atoms with Crippen LogP contribution in [0.1, 0.15) is 39.2 Å². The van der Waals surface area contributed by atoms with Gasteiger partial charge in [-0.1, -0.05) is 11.9 Å².